The van der Waals surface area contributed by atoms with Crippen LogP contribution in [0.1, 0.15) is 38.8 Å². The molecule has 0 aromatic heterocycles. The molecule has 0 heterocycles. The highest BCUT2D eigenvalue weighted by Gasteiger charge is 2.24. The van der Waals surface area contributed by atoms with Crippen LogP contribution in [0.3, 0.4) is 0 Å². The van der Waals surface area contributed by atoms with Crippen LogP contribution in [0.5, 0.6) is 0 Å². The predicted octanol–water partition coefficient (Wildman–Crippen LogP) is 3.47. The van der Waals surface area contributed by atoms with E-state index in [9.17, 15) is 14.9 Å². The van der Waals surface area contributed by atoms with Gasteiger partial charge in [0.1, 0.15) is 0 Å². The van der Waals surface area contributed by atoms with Crippen molar-refractivity contribution < 1.29 is 14.5 Å². The molecular formula is C15H19NO4. The Bertz CT molecular complexity index is 541. The molecule has 0 atom stereocenters. The molecule has 0 aliphatic heterocycles. The number of carbonyl (C=O) groups is 1. The van der Waals surface area contributed by atoms with Crippen molar-refractivity contribution in [3.05, 3.63) is 45.5 Å². The van der Waals surface area contributed by atoms with Crippen molar-refractivity contribution in [3.63, 3.8) is 0 Å². The van der Waals surface area contributed by atoms with Gasteiger partial charge in [0.2, 0.25) is 0 Å². The third-order valence-electron chi connectivity index (χ3n) is 2.72. The van der Waals surface area contributed by atoms with Gasteiger partial charge < -0.3 is 4.74 Å². The van der Waals surface area contributed by atoms with Crippen LogP contribution >= 0.6 is 0 Å². The van der Waals surface area contributed by atoms with E-state index in [4.69, 9.17) is 4.74 Å². The quantitative estimate of drug-likeness (QED) is 0.366. The average molecular weight is 277 g/mol. The summed E-state index contributed by atoms with van der Waals surface area (Å²) in [6, 6.07) is 4.95. The average Bonchev–Trinajstić information content (AvgIpc) is 2.35. The highest BCUT2D eigenvalue weighted by Crippen LogP contribution is 2.32. The molecule has 1 aromatic carbocycles. The normalized spacial score (nSPS) is 11.6. The maximum absolute atomic E-state index is 11.2. The molecule has 0 radical (unpaired) electrons. The van der Waals surface area contributed by atoms with E-state index in [-0.39, 0.29) is 11.1 Å². The second kappa shape index (κ2) is 6.32. The molecule has 0 aliphatic rings. The Labute approximate surface area is 118 Å². The van der Waals surface area contributed by atoms with Gasteiger partial charge in [0.05, 0.1) is 11.5 Å². The smallest absolute Gasteiger partial charge is 0.330 e. The van der Waals surface area contributed by atoms with Crippen molar-refractivity contribution in [1.29, 1.82) is 0 Å². The number of nitro benzene ring substituents is 1. The minimum absolute atomic E-state index is 0.0588. The van der Waals surface area contributed by atoms with Gasteiger partial charge in [0.15, 0.2) is 0 Å². The predicted molar refractivity (Wildman–Crippen MR) is 77.5 cm³/mol. The van der Waals surface area contributed by atoms with E-state index >= 15 is 0 Å². The number of esters is 1. The van der Waals surface area contributed by atoms with Crippen molar-refractivity contribution >= 4 is 17.7 Å². The first-order valence-corrected chi connectivity index (χ1v) is 6.39. The Kier molecular flexibility index (Phi) is 5.02. The maximum Gasteiger partial charge on any atom is 0.330 e. The zero-order valence-corrected chi connectivity index (χ0v) is 12.2. The van der Waals surface area contributed by atoms with Gasteiger partial charge in [0.25, 0.3) is 5.69 Å². The molecule has 0 saturated heterocycles. The lowest BCUT2D eigenvalue weighted by molar-refractivity contribution is -0.386. The van der Waals surface area contributed by atoms with Gasteiger partial charge in [-0.3, -0.25) is 10.1 Å². The lowest BCUT2D eigenvalue weighted by Crippen LogP contribution is -2.13. The summed E-state index contributed by atoms with van der Waals surface area (Å²) in [5, 5.41) is 11.2. The van der Waals surface area contributed by atoms with Crippen LogP contribution in [-0.2, 0) is 14.9 Å². The summed E-state index contributed by atoms with van der Waals surface area (Å²) in [7, 11) is 0. The van der Waals surface area contributed by atoms with E-state index in [1.807, 2.05) is 20.8 Å². The molecule has 0 spiro atoms. The molecule has 0 bridgehead atoms. The Morgan fingerprint density at radius 3 is 2.55 bits per heavy atom. The summed E-state index contributed by atoms with van der Waals surface area (Å²) in [6.07, 6.45) is 2.77. The monoisotopic (exact) mass is 277 g/mol. The fourth-order valence-corrected chi connectivity index (χ4v) is 1.79. The van der Waals surface area contributed by atoms with E-state index in [0.717, 1.165) is 0 Å². The van der Waals surface area contributed by atoms with Crippen LogP contribution in [0.2, 0.25) is 0 Å². The minimum atomic E-state index is -0.463. The van der Waals surface area contributed by atoms with Crippen molar-refractivity contribution in [2.24, 2.45) is 0 Å². The van der Waals surface area contributed by atoms with Gasteiger partial charge >= 0.3 is 5.97 Å². The number of benzene rings is 1. The van der Waals surface area contributed by atoms with Crippen LogP contribution < -0.4 is 0 Å². The van der Waals surface area contributed by atoms with Crippen LogP contribution in [0.15, 0.2) is 24.3 Å². The van der Waals surface area contributed by atoms with Gasteiger partial charge in [-0.15, -0.1) is 0 Å². The van der Waals surface area contributed by atoms with Crippen LogP contribution in [0, 0.1) is 10.1 Å². The number of ether oxygens (including phenoxy) is 1. The van der Waals surface area contributed by atoms with Crippen LogP contribution in [0.25, 0.3) is 6.08 Å². The number of nitrogens with zero attached hydrogens (tertiary/aromatic N) is 1. The zero-order valence-electron chi connectivity index (χ0n) is 12.2. The van der Waals surface area contributed by atoms with Gasteiger partial charge in [0, 0.05) is 17.7 Å². The van der Waals surface area contributed by atoms with Crippen molar-refractivity contribution in [3.8, 4) is 0 Å². The lowest BCUT2D eigenvalue weighted by atomic mass is 9.85. The van der Waals surface area contributed by atoms with Gasteiger partial charge in [-0.05, 0) is 24.0 Å². The molecular weight excluding hydrogens is 258 g/mol. The fraction of sp³-hybridized carbons (Fsp3) is 0.400. The maximum atomic E-state index is 11.2. The Morgan fingerprint density at radius 1 is 1.40 bits per heavy atom. The van der Waals surface area contributed by atoms with Crippen molar-refractivity contribution in [2.75, 3.05) is 6.61 Å². The fourth-order valence-electron chi connectivity index (χ4n) is 1.79. The van der Waals surface area contributed by atoms with E-state index in [0.29, 0.717) is 17.7 Å². The Hall–Kier alpha value is -2.17. The third-order valence-corrected chi connectivity index (χ3v) is 2.72. The number of nitro groups is 1. The molecule has 108 valence electrons. The molecule has 20 heavy (non-hydrogen) atoms. The summed E-state index contributed by atoms with van der Waals surface area (Å²) >= 11 is 0. The number of rotatable bonds is 4. The van der Waals surface area contributed by atoms with Gasteiger partial charge in [-0.1, -0.05) is 32.9 Å². The van der Waals surface area contributed by atoms with Gasteiger partial charge in [-0.2, -0.15) is 0 Å². The topological polar surface area (TPSA) is 69.4 Å². The largest absolute Gasteiger partial charge is 0.463 e. The van der Waals surface area contributed by atoms with E-state index in [2.05, 4.69) is 0 Å². The number of hydrogen-bond acceptors (Lipinski definition) is 4. The summed E-state index contributed by atoms with van der Waals surface area (Å²) in [6.45, 7) is 7.78. The molecule has 0 amide bonds. The number of carbonyl (C=O) groups excluding carboxylic acids is 1. The van der Waals surface area contributed by atoms with Crippen LogP contribution in [-0.4, -0.2) is 17.5 Å². The molecule has 0 aliphatic carbocycles. The van der Waals surface area contributed by atoms with Crippen molar-refractivity contribution in [2.45, 2.75) is 33.1 Å². The third kappa shape index (κ3) is 4.19. The standard InChI is InChI=1S/C15H19NO4/c1-5-20-14(17)9-7-11-6-8-12(15(2,3)4)13(10-11)16(18)19/h6-10H,5H2,1-4H3. The molecule has 0 unspecified atom stereocenters. The molecule has 0 fully saturated rings. The van der Waals surface area contributed by atoms with Crippen molar-refractivity contribution in [1.82, 2.24) is 0 Å². The van der Waals surface area contributed by atoms with Gasteiger partial charge in [-0.25, -0.2) is 4.79 Å². The highest BCUT2D eigenvalue weighted by atomic mass is 16.6. The minimum Gasteiger partial charge on any atom is -0.463 e. The van der Waals surface area contributed by atoms with E-state index in [1.165, 1.54) is 18.2 Å². The number of hydrogen-bond donors (Lipinski definition) is 0. The Balaban J connectivity index is 3.12. The molecule has 1 aromatic rings. The highest BCUT2D eigenvalue weighted by molar-refractivity contribution is 5.87. The zero-order chi connectivity index (χ0) is 15.3. The second-order valence-corrected chi connectivity index (χ2v) is 5.37. The molecule has 5 heteroatoms. The summed E-state index contributed by atoms with van der Waals surface area (Å²) in [5.41, 5.74) is 1.00. The SMILES string of the molecule is CCOC(=O)C=Cc1ccc(C(C)(C)C)c([N+](=O)[O-])c1. The lowest BCUT2D eigenvalue weighted by Gasteiger charge is -2.18. The first-order chi connectivity index (χ1) is 9.25. The van der Waals surface area contributed by atoms with E-state index < -0.39 is 10.9 Å². The van der Waals surface area contributed by atoms with Crippen LogP contribution in [0.4, 0.5) is 5.69 Å². The van der Waals surface area contributed by atoms with E-state index in [1.54, 1.807) is 19.1 Å². The Morgan fingerprint density at radius 2 is 2.05 bits per heavy atom. The first kappa shape index (κ1) is 15.9. The summed E-state index contributed by atoms with van der Waals surface area (Å²) < 4.78 is 4.76. The molecule has 0 N–H and O–H groups in total. The second-order valence-electron chi connectivity index (χ2n) is 5.37. The summed E-state index contributed by atoms with van der Waals surface area (Å²) in [5.74, 6) is -0.463. The first-order valence-electron chi connectivity index (χ1n) is 6.39. The summed E-state index contributed by atoms with van der Waals surface area (Å²) in [4.78, 5) is 22.0. The molecule has 1 rings (SSSR count). The molecule has 5 nitrogen and oxygen atoms in total. The molecule has 0 saturated carbocycles.